The van der Waals surface area contributed by atoms with Crippen LogP contribution in [0, 0.1) is 0 Å². The van der Waals surface area contributed by atoms with Gasteiger partial charge in [0.05, 0.1) is 17.9 Å². The molecule has 1 aliphatic heterocycles. The number of nitrogens with zero attached hydrogens (tertiary/aromatic N) is 3. The standard InChI is InChI=1S/C14H24N4O/c1-4-7-15-10-12-5-6-13(17-16-12)18-8-9-19-14(2,3)11-18/h5-6,15H,4,7-11H2,1-3H3. The minimum atomic E-state index is -0.110. The number of hydrogen-bond donors (Lipinski definition) is 1. The molecule has 5 nitrogen and oxygen atoms in total. The van der Waals surface area contributed by atoms with Crippen molar-refractivity contribution in [2.75, 3.05) is 31.1 Å². The molecule has 0 aliphatic carbocycles. The van der Waals surface area contributed by atoms with E-state index in [2.05, 4.69) is 47.3 Å². The summed E-state index contributed by atoms with van der Waals surface area (Å²) in [5.74, 6) is 0.940. The zero-order chi connectivity index (χ0) is 13.7. The highest BCUT2D eigenvalue weighted by Crippen LogP contribution is 2.20. The van der Waals surface area contributed by atoms with Crippen LogP contribution in [0.3, 0.4) is 0 Å². The molecule has 0 bridgehead atoms. The molecule has 19 heavy (non-hydrogen) atoms. The van der Waals surface area contributed by atoms with Crippen molar-refractivity contribution in [2.45, 2.75) is 39.3 Å². The summed E-state index contributed by atoms with van der Waals surface area (Å²) in [6.07, 6.45) is 1.13. The van der Waals surface area contributed by atoms with Crippen molar-refractivity contribution in [3.63, 3.8) is 0 Å². The van der Waals surface area contributed by atoms with Crippen molar-refractivity contribution < 1.29 is 4.74 Å². The second kappa shape index (κ2) is 6.30. The van der Waals surface area contributed by atoms with Gasteiger partial charge >= 0.3 is 0 Å². The van der Waals surface area contributed by atoms with Crippen LogP contribution in [0.15, 0.2) is 12.1 Å². The summed E-state index contributed by atoms with van der Waals surface area (Å²) in [6, 6.07) is 4.10. The fourth-order valence-corrected chi connectivity index (χ4v) is 2.22. The van der Waals surface area contributed by atoms with Crippen molar-refractivity contribution in [3.8, 4) is 0 Å². The second-order valence-electron chi connectivity index (χ2n) is 5.59. The van der Waals surface area contributed by atoms with Gasteiger partial charge in [-0.2, -0.15) is 5.10 Å². The van der Waals surface area contributed by atoms with Crippen LogP contribution in [-0.2, 0) is 11.3 Å². The van der Waals surface area contributed by atoms with Gasteiger partial charge in [0.25, 0.3) is 0 Å². The third kappa shape index (κ3) is 4.14. The predicted octanol–water partition coefficient (Wildman–Crippen LogP) is 1.59. The lowest BCUT2D eigenvalue weighted by molar-refractivity contribution is -0.0279. The van der Waals surface area contributed by atoms with Crippen LogP contribution in [-0.4, -0.2) is 42.0 Å². The maximum Gasteiger partial charge on any atom is 0.151 e. The molecule has 0 aromatic carbocycles. The third-order valence-electron chi connectivity index (χ3n) is 3.19. The first kappa shape index (κ1) is 14.2. The smallest absolute Gasteiger partial charge is 0.151 e. The van der Waals surface area contributed by atoms with Gasteiger partial charge in [-0.3, -0.25) is 0 Å². The van der Waals surface area contributed by atoms with E-state index < -0.39 is 0 Å². The van der Waals surface area contributed by atoms with E-state index in [-0.39, 0.29) is 5.60 Å². The molecule has 1 saturated heterocycles. The van der Waals surface area contributed by atoms with Crippen LogP contribution in [0.25, 0.3) is 0 Å². The molecule has 2 rings (SSSR count). The van der Waals surface area contributed by atoms with Crippen LogP contribution in [0.2, 0.25) is 0 Å². The Balaban J connectivity index is 1.94. The number of morpholine rings is 1. The quantitative estimate of drug-likeness (QED) is 0.819. The Labute approximate surface area is 115 Å². The van der Waals surface area contributed by atoms with Gasteiger partial charge in [-0.15, -0.1) is 5.10 Å². The molecule has 0 spiro atoms. The molecule has 5 heteroatoms. The molecule has 1 N–H and O–H groups in total. The van der Waals surface area contributed by atoms with Crippen molar-refractivity contribution in [1.82, 2.24) is 15.5 Å². The number of ether oxygens (including phenoxy) is 1. The molecular formula is C14H24N4O. The SMILES string of the molecule is CCCNCc1ccc(N2CCOC(C)(C)C2)nn1. The van der Waals surface area contributed by atoms with E-state index in [9.17, 15) is 0 Å². The van der Waals surface area contributed by atoms with Crippen LogP contribution in [0.4, 0.5) is 5.82 Å². The fraction of sp³-hybridized carbons (Fsp3) is 0.714. The minimum absolute atomic E-state index is 0.110. The summed E-state index contributed by atoms with van der Waals surface area (Å²) in [5.41, 5.74) is 0.881. The Hall–Kier alpha value is -1.20. The topological polar surface area (TPSA) is 50.3 Å². The molecule has 0 amide bonds. The number of rotatable bonds is 5. The van der Waals surface area contributed by atoms with Crippen molar-refractivity contribution in [1.29, 1.82) is 0 Å². The molecular weight excluding hydrogens is 240 g/mol. The van der Waals surface area contributed by atoms with Gasteiger partial charge in [-0.1, -0.05) is 6.92 Å². The lowest BCUT2D eigenvalue weighted by atomic mass is 10.1. The Bertz CT molecular complexity index is 391. The normalized spacial score (nSPS) is 18.6. The average Bonchev–Trinajstić information content (AvgIpc) is 2.39. The summed E-state index contributed by atoms with van der Waals surface area (Å²) >= 11 is 0. The molecule has 0 unspecified atom stereocenters. The highest BCUT2D eigenvalue weighted by atomic mass is 16.5. The van der Waals surface area contributed by atoms with Gasteiger partial charge in [0.2, 0.25) is 0 Å². The maximum atomic E-state index is 5.71. The first-order chi connectivity index (χ1) is 9.11. The zero-order valence-electron chi connectivity index (χ0n) is 12.1. The summed E-state index contributed by atoms with van der Waals surface area (Å²) in [4.78, 5) is 2.24. The van der Waals surface area contributed by atoms with Crippen molar-refractivity contribution >= 4 is 5.82 Å². The van der Waals surface area contributed by atoms with Crippen LogP contribution >= 0.6 is 0 Å². The molecule has 2 heterocycles. The van der Waals surface area contributed by atoms with Gasteiger partial charge in [0.15, 0.2) is 5.82 Å². The second-order valence-corrected chi connectivity index (χ2v) is 5.59. The summed E-state index contributed by atoms with van der Waals surface area (Å²) < 4.78 is 5.71. The predicted molar refractivity (Wildman–Crippen MR) is 76.3 cm³/mol. The lowest BCUT2D eigenvalue weighted by Gasteiger charge is -2.38. The molecule has 0 radical (unpaired) electrons. The van der Waals surface area contributed by atoms with Crippen molar-refractivity contribution in [3.05, 3.63) is 17.8 Å². The van der Waals surface area contributed by atoms with E-state index >= 15 is 0 Å². The van der Waals surface area contributed by atoms with Gasteiger partial charge in [0.1, 0.15) is 0 Å². The van der Waals surface area contributed by atoms with E-state index in [1.54, 1.807) is 0 Å². The van der Waals surface area contributed by atoms with Gasteiger partial charge in [0, 0.05) is 19.6 Å². The van der Waals surface area contributed by atoms with Crippen molar-refractivity contribution in [2.24, 2.45) is 0 Å². The van der Waals surface area contributed by atoms with E-state index in [4.69, 9.17) is 4.74 Å². The van der Waals surface area contributed by atoms with Crippen LogP contribution in [0.5, 0.6) is 0 Å². The average molecular weight is 264 g/mol. The molecule has 0 atom stereocenters. The summed E-state index contributed by atoms with van der Waals surface area (Å²) in [7, 11) is 0. The van der Waals surface area contributed by atoms with Gasteiger partial charge in [-0.25, -0.2) is 0 Å². The Kier molecular flexibility index (Phi) is 4.71. The van der Waals surface area contributed by atoms with Gasteiger partial charge < -0.3 is 15.0 Å². The van der Waals surface area contributed by atoms with Crippen LogP contribution < -0.4 is 10.2 Å². The first-order valence-corrected chi connectivity index (χ1v) is 7.03. The first-order valence-electron chi connectivity index (χ1n) is 7.03. The molecule has 1 aromatic heterocycles. The Morgan fingerprint density at radius 3 is 2.84 bits per heavy atom. The monoisotopic (exact) mass is 264 g/mol. The summed E-state index contributed by atoms with van der Waals surface area (Å²) in [5, 5.41) is 11.9. The Morgan fingerprint density at radius 2 is 2.21 bits per heavy atom. The minimum Gasteiger partial charge on any atom is -0.372 e. The third-order valence-corrected chi connectivity index (χ3v) is 3.19. The highest BCUT2D eigenvalue weighted by Gasteiger charge is 2.27. The summed E-state index contributed by atoms with van der Waals surface area (Å²) in [6.45, 7) is 10.7. The molecule has 106 valence electrons. The van der Waals surface area contributed by atoms with E-state index in [0.29, 0.717) is 0 Å². The Morgan fingerprint density at radius 1 is 1.37 bits per heavy atom. The van der Waals surface area contributed by atoms with Gasteiger partial charge in [-0.05, 0) is 38.9 Å². The molecule has 1 aromatic rings. The van der Waals surface area contributed by atoms with E-state index in [1.807, 2.05) is 6.07 Å². The fourth-order valence-electron chi connectivity index (χ4n) is 2.22. The van der Waals surface area contributed by atoms with E-state index in [1.165, 1.54) is 0 Å². The van der Waals surface area contributed by atoms with Crippen LogP contribution in [0.1, 0.15) is 32.9 Å². The molecule has 1 aliphatic rings. The lowest BCUT2D eigenvalue weighted by Crippen LogP contribution is -2.48. The highest BCUT2D eigenvalue weighted by molar-refractivity contribution is 5.38. The van der Waals surface area contributed by atoms with E-state index in [0.717, 1.165) is 50.7 Å². The zero-order valence-corrected chi connectivity index (χ0v) is 12.1. The number of anilines is 1. The number of hydrogen-bond acceptors (Lipinski definition) is 5. The maximum absolute atomic E-state index is 5.71. The number of nitrogens with one attached hydrogen (secondary N) is 1. The largest absolute Gasteiger partial charge is 0.372 e. The number of aromatic nitrogens is 2. The molecule has 1 fully saturated rings. The molecule has 0 saturated carbocycles.